The molecule has 0 fully saturated rings. The number of halogens is 2. The smallest absolute Gasteiger partial charge is 0.123 e. The minimum Gasteiger partial charge on any atom is -0.385 e. The van der Waals surface area contributed by atoms with Crippen molar-refractivity contribution in [3.8, 4) is 0 Å². The standard InChI is InChI=1S/C14H14BrFOS/c1-2-14(17,9-12-6-7-13(15)18-12)10-4-3-5-11(16)8-10/h3-8,17H,2,9H2,1H3. The van der Waals surface area contributed by atoms with E-state index in [1.807, 2.05) is 19.1 Å². The molecule has 4 heteroatoms. The van der Waals surface area contributed by atoms with Gasteiger partial charge in [0.25, 0.3) is 0 Å². The monoisotopic (exact) mass is 328 g/mol. The van der Waals surface area contributed by atoms with E-state index in [1.54, 1.807) is 23.5 Å². The number of rotatable bonds is 4. The first-order valence-corrected chi connectivity index (χ1v) is 7.37. The normalized spacial score (nSPS) is 14.4. The molecule has 18 heavy (non-hydrogen) atoms. The van der Waals surface area contributed by atoms with E-state index in [4.69, 9.17) is 0 Å². The van der Waals surface area contributed by atoms with E-state index in [0.29, 0.717) is 18.4 Å². The number of hydrogen-bond donors (Lipinski definition) is 1. The maximum absolute atomic E-state index is 13.3. The minimum absolute atomic E-state index is 0.313. The summed E-state index contributed by atoms with van der Waals surface area (Å²) in [5, 5.41) is 10.7. The summed E-state index contributed by atoms with van der Waals surface area (Å²) < 4.78 is 14.3. The van der Waals surface area contributed by atoms with Crippen LogP contribution in [-0.4, -0.2) is 5.11 Å². The average molecular weight is 329 g/mol. The van der Waals surface area contributed by atoms with Gasteiger partial charge in [0, 0.05) is 11.3 Å². The van der Waals surface area contributed by atoms with Crippen LogP contribution in [0.4, 0.5) is 4.39 Å². The van der Waals surface area contributed by atoms with Crippen LogP contribution in [0.1, 0.15) is 23.8 Å². The Morgan fingerprint density at radius 2 is 2.11 bits per heavy atom. The van der Waals surface area contributed by atoms with Crippen LogP contribution in [0.25, 0.3) is 0 Å². The van der Waals surface area contributed by atoms with Crippen LogP contribution in [0.5, 0.6) is 0 Å². The van der Waals surface area contributed by atoms with Crippen LogP contribution >= 0.6 is 27.3 Å². The van der Waals surface area contributed by atoms with E-state index in [9.17, 15) is 9.50 Å². The predicted octanol–water partition coefficient (Wildman–Crippen LogP) is 4.49. The summed E-state index contributed by atoms with van der Waals surface area (Å²) in [6.45, 7) is 1.91. The minimum atomic E-state index is -1.01. The van der Waals surface area contributed by atoms with E-state index in [0.717, 1.165) is 8.66 Å². The first-order valence-electron chi connectivity index (χ1n) is 5.76. The number of hydrogen-bond acceptors (Lipinski definition) is 2. The maximum Gasteiger partial charge on any atom is 0.123 e. The van der Waals surface area contributed by atoms with Gasteiger partial charge >= 0.3 is 0 Å². The second kappa shape index (κ2) is 5.51. The zero-order valence-corrected chi connectivity index (χ0v) is 12.4. The highest BCUT2D eigenvalue weighted by Crippen LogP contribution is 2.33. The van der Waals surface area contributed by atoms with Gasteiger partial charge in [-0.15, -0.1) is 11.3 Å². The van der Waals surface area contributed by atoms with Crippen molar-refractivity contribution < 1.29 is 9.50 Å². The quantitative estimate of drug-likeness (QED) is 0.876. The number of benzene rings is 1. The first-order chi connectivity index (χ1) is 8.53. The van der Waals surface area contributed by atoms with Gasteiger partial charge < -0.3 is 5.11 Å². The van der Waals surface area contributed by atoms with Crippen molar-refractivity contribution in [1.29, 1.82) is 0 Å². The van der Waals surface area contributed by atoms with Gasteiger partial charge in [-0.2, -0.15) is 0 Å². The van der Waals surface area contributed by atoms with Crippen molar-refractivity contribution in [1.82, 2.24) is 0 Å². The molecule has 1 unspecified atom stereocenters. The predicted molar refractivity (Wildman–Crippen MR) is 76.3 cm³/mol. The molecule has 1 heterocycles. The number of thiophene rings is 1. The van der Waals surface area contributed by atoms with Gasteiger partial charge in [-0.1, -0.05) is 19.1 Å². The molecular weight excluding hydrogens is 315 g/mol. The van der Waals surface area contributed by atoms with Crippen molar-refractivity contribution in [3.05, 3.63) is 56.4 Å². The summed E-state index contributed by atoms with van der Waals surface area (Å²) >= 11 is 5.00. The molecule has 0 bridgehead atoms. The van der Waals surface area contributed by atoms with Gasteiger partial charge in [-0.05, 0) is 52.2 Å². The molecule has 1 aromatic heterocycles. The van der Waals surface area contributed by atoms with Gasteiger partial charge in [-0.25, -0.2) is 4.39 Å². The lowest BCUT2D eigenvalue weighted by Crippen LogP contribution is -2.27. The van der Waals surface area contributed by atoms with Crippen LogP contribution in [0.2, 0.25) is 0 Å². The summed E-state index contributed by atoms with van der Waals surface area (Å²) in [7, 11) is 0. The SMILES string of the molecule is CCC(O)(Cc1ccc(Br)s1)c1cccc(F)c1. The third-order valence-electron chi connectivity index (χ3n) is 3.04. The molecule has 0 saturated carbocycles. The summed E-state index contributed by atoms with van der Waals surface area (Å²) in [6, 6.07) is 10.1. The lowest BCUT2D eigenvalue weighted by molar-refractivity contribution is 0.0332. The Hall–Kier alpha value is -0.710. The molecule has 2 rings (SSSR count). The van der Waals surface area contributed by atoms with Crippen molar-refractivity contribution in [2.75, 3.05) is 0 Å². The Morgan fingerprint density at radius 1 is 1.33 bits per heavy atom. The highest BCUT2D eigenvalue weighted by molar-refractivity contribution is 9.11. The van der Waals surface area contributed by atoms with E-state index in [2.05, 4.69) is 15.9 Å². The Bertz CT molecular complexity index is 540. The molecular formula is C14H14BrFOS. The average Bonchev–Trinajstić information content (AvgIpc) is 2.74. The lowest BCUT2D eigenvalue weighted by atomic mass is 9.87. The summed E-state index contributed by atoms with van der Waals surface area (Å²) in [5.41, 5.74) is -0.374. The molecule has 0 aliphatic heterocycles. The first kappa shape index (κ1) is 13.7. The van der Waals surface area contributed by atoms with Crippen molar-refractivity contribution in [2.45, 2.75) is 25.4 Å². The molecule has 0 aliphatic rings. The molecule has 1 atom stereocenters. The molecule has 0 amide bonds. The van der Waals surface area contributed by atoms with Gasteiger partial charge in [0.1, 0.15) is 5.82 Å². The van der Waals surface area contributed by atoms with E-state index >= 15 is 0 Å². The van der Waals surface area contributed by atoms with E-state index in [1.165, 1.54) is 12.1 Å². The third-order valence-corrected chi connectivity index (χ3v) is 4.67. The topological polar surface area (TPSA) is 20.2 Å². The highest BCUT2D eigenvalue weighted by atomic mass is 79.9. The van der Waals surface area contributed by atoms with Crippen LogP contribution in [-0.2, 0) is 12.0 Å². The van der Waals surface area contributed by atoms with Gasteiger partial charge in [0.15, 0.2) is 0 Å². The Balaban J connectivity index is 2.30. The Labute approximate surface area is 118 Å². The summed E-state index contributed by atoms with van der Waals surface area (Å²) in [5.74, 6) is -0.313. The molecule has 1 aromatic carbocycles. The van der Waals surface area contributed by atoms with Crippen molar-refractivity contribution >= 4 is 27.3 Å². The third kappa shape index (κ3) is 2.99. The summed E-state index contributed by atoms with van der Waals surface area (Å²) in [4.78, 5) is 1.08. The second-order valence-electron chi connectivity index (χ2n) is 4.28. The Kier molecular flexibility index (Phi) is 4.20. The molecule has 0 radical (unpaired) electrons. The molecule has 1 N–H and O–H groups in total. The molecule has 0 spiro atoms. The Morgan fingerprint density at radius 3 is 2.67 bits per heavy atom. The molecule has 0 saturated heterocycles. The largest absolute Gasteiger partial charge is 0.385 e. The summed E-state index contributed by atoms with van der Waals surface area (Å²) in [6.07, 6.45) is 1.05. The molecule has 1 nitrogen and oxygen atoms in total. The van der Waals surface area contributed by atoms with Crippen LogP contribution in [0.15, 0.2) is 40.2 Å². The van der Waals surface area contributed by atoms with Crippen molar-refractivity contribution in [2.24, 2.45) is 0 Å². The number of aliphatic hydroxyl groups is 1. The van der Waals surface area contributed by atoms with Crippen LogP contribution in [0, 0.1) is 5.82 Å². The van der Waals surface area contributed by atoms with E-state index in [-0.39, 0.29) is 5.82 Å². The van der Waals surface area contributed by atoms with Crippen LogP contribution < -0.4 is 0 Å². The highest BCUT2D eigenvalue weighted by Gasteiger charge is 2.28. The second-order valence-corrected chi connectivity index (χ2v) is 6.83. The van der Waals surface area contributed by atoms with Crippen molar-refractivity contribution in [3.63, 3.8) is 0 Å². The fourth-order valence-corrected chi connectivity index (χ4v) is 3.53. The lowest BCUT2D eigenvalue weighted by Gasteiger charge is -2.27. The molecule has 0 aliphatic carbocycles. The fraction of sp³-hybridized carbons (Fsp3) is 0.286. The zero-order chi connectivity index (χ0) is 13.2. The van der Waals surface area contributed by atoms with Crippen LogP contribution in [0.3, 0.4) is 0 Å². The molecule has 2 aromatic rings. The van der Waals surface area contributed by atoms with E-state index < -0.39 is 5.60 Å². The maximum atomic E-state index is 13.3. The van der Waals surface area contributed by atoms with Gasteiger partial charge in [-0.3, -0.25) is 0 Å². The fourth-order valence-electron chi connectivity index (χ4n) is 1.94. The van der Waals surface area contributed by atoms with Gasteiger partial charge in [0.05, 0.1) is 9.39 Å². The zero-order valence-electron chi connectivity index (χ0n) is 9.99. The van der Waals surface area contributed by atoms with Gasteiger partial charge in [0.2, 0.25) is 0 Å². The molecule has 96 valence electrons.